The molecule has 0 spiro atoms. The molecule has 0 amide bonds. The van der Waals surface area contributed by atoms with Crippen LogP contribution in [0.2, 0.25) is 0 Å². The molecule has 0 aromatic carbocycles. The van der Waals surface area contributed by atoms with E-state index in [0.717, 1.165) is 11.1 Å². The van der Waals surface area contributed by atoms with Gasteiger partial charge in [-0.1, -0.05) is 0 Å². The maximum Gasteiger partial charge on any atom is 0.356 e. The summed E-state index contributed by atoms with van der Waals surface area (Å²) in [6.07, 6.45) is 2.65. The Bertz CT molecular complexity index is 896. The van der Waals surface area contributed by atoms with Crippen molar-refractivity contribution in [3.63, 3.8) is 0 Å². The van der Waals surface area contributed by atoms with E-state index in [1.807, 2.05) is 13.0 Å². The Morgan fingerprint density at radius 2 is 2.13 bits per heavy atom. The highest BCUT2D eigenvalue weighted by atomic mass is 32.1. The fourth-order valence-corrected chi connectivity index (χ4v) is 3.13. The number of fused-ring (bicyclic) bond motifs is 1. The van der Waals surface area contributed by atoms with Crippen LogP contribution in [0.25, 0.3) is 10.2 Å². The predicted octanol–water partition coefficient (Wildman–Crippen LogP) is 3.41. The molecule has 0 unspecified atom stereocenters. The first kappa shape index (κ1) is 15.3. The van der Waals surface area contributed by atoms with E-state index in [0.29, 0.717) is 15.8 Å². The van der Waals surface area contributed by atoms with Crippen LogP contribution < -0.4 is 5.32 Å². The molecular formula is C15H13FN4O2S. The number of carboxylic acid groups (broad SMARTS) is 1. The van der Waals surface area contributed by atoms with Crippen molar-refractivity contribution in [1.29, 1.82) is 0 Å². The number of pyridine rings is 1. The summed E-state index contributed by atoms with van der Waals surface area (Å²) < 4.78 is 13.8. The molecule has 0 aliphatic heterocycles. The maximum absolute atomic E-state index is 13.2. The van der Waals surface area contributed by atoms with Gasteiger partial charge in [0.25, 0.3) is 0 Å². The van der Waals surface area contributed by atoms with Crippen molar-refractivity contribution in [3.05, 3.63) is 46.5 Å². The third-order valence-corrected chi connectivity index (χ3v) is 4.32. The molecule has 0 saturated heterocycles. The lowest BCUT2D eigenvalue weighted by atomic mass is 10.1. The maximum atomic E-state index is 13.2. The molecule has 8 heteroatoms. The third kappa shape index (κ3) is 3.11. The van der Waals surface area contributed by atoms with Gasteiger partial charge in [0.1, 0.15) is 5.82 Å². The molecule has 3 rings (SSSR count). The van der Waals surface area contributed by atoms with Crippen molar-refractivity contribution in [1.82, 2.24) is 15.0 Å². The molecule has 23 heavy (non-hydrogen) atoms. The lowest BCUT2D eigenvalue weighted by molar-refractivity contribution is 0.0693. The van der Waals surface area contributed by atoms with Crippen LogP contribution in [0.1, 0.15) is 33.9 Å². The summed E-state index contributed by atoms with van der Waals surface area (Å²) in [5.41, 5.74) is 1.15. The van der Waals surface area contributed by atoms with Gasteiger partial charge in [0.05, 0.1) is 22.5 Å². The van der Waals surface area contributed by atoms with E-state index in [2.05, 4.69) is 20.3 Å². The summed E-state index contributed by atoms with van der Waals surface area (Å²) in [7, 11) is 0. The zero-order chi connectivity index (χ0) is 16.6. The summed E-state index contributed by atoms with van der Waals surface area (Å²) in [6, 6.07) is 2.85. The van der Waals surface area contributed by atoms with Gasteiger partial charge in [0.15, 0.2) is 5.69 Å². The number of hydrogen-bond donors (Lipinski definition) is 2. The molecule has 0 radical (unpaired) electrons. The normalized spacial score (nSPS) is 12.3. The Morgan fingerprint density at radius 3 is 2.83 bits per heavy atom. The topological polar surface area (TPSA) is 88.0 Å². The standard InChI is InChI=1S/C15H13FN4O2S/c1-7-3-11-13(23-7)12(14(21)22)20-15(19-11)18-8(2)9-4-10(16)6-17-5-9/h3-6,8H,1-2H3,(H,21,22)(H,18,19,20)/t8-/m0/s1. The molecule has 3 aromatic heterocycles. The average Bonchev–Trinajstić information content (AvgIpc) is 2.86. The second kappa shape index (κ2) is 5.88. The van der Waals surface area contributed by atoms with Crippen LogP contribution in [-0.4, -0.2) is 26.0 Å². The number of nitrogens with one attached hydrogen (secondary N) is 1. The number of anilines is 1. The van der Waals surface area contributed by atoms with Gasteiger partial charge in [-0.25, -0.2) is 19.2 Å². The molecular weight excluding hydrogens is 319 g/mol. The molecule has 3 heterocycles. The first-order chi connectivity index (χ1) is 10.9. The van der Waals surface area contributed by atoms with Crippen LogP contribution in [-0.2, 0) is 0 Å². The fraction of sp³-hybridized carbons (Fsp3) is 0.200. The number of thiophene rings is 1. The van der Waals surface area contributed by atoms with Crippen LogP contribution in [0.4, 0.5) is 10.3 Å². The van der Waals surface area contributed by atoms with Gasteiger partial charge >= 0.3 is 5.97 Å². The Kier molecular flexibility index (Phi) is 3.91. The minimum atomic E-state index is -1.11. The molecule has 0 saturated carbocycles. The molecule has 2 N–H and O–H groups in total. The predicted molar refractivity (Wildman–Crippen MR) is 85.3 cm³/mol. The highest BCUT2D eigenvalue weighted by molar-refractivity contribution is 7.19. The number of nitrogens with zero attached hydrogens (tertiary/aromatic N) is 3. The number of rotatable bonds is 4. The van der Waals surface area contributed by atoms with Crippen molar-refractivity contribution < 1.29 is 14.3 Å². The highest BCUT2D eigenvalue weighted by Gasteiger charge is 2.17. The lowest BCUT2D eigenvalue weighted by Crippen LogP contribution is -2.12. The lowest BCUT2D eigenvalue weighted by Gasteiger charge is -2.14. The quantitative estimate of drug-likeness (QED) is 0.761. The van der Waals surface area contributed by atoms with E-state index >= 15 is 0 Å². The number of aryl methyl sites for hydroxylation is 1. The number of aromatic nitrogens is 3. The van der Waals surface area contributed by atoms with Gasteiger partial charge in [-0.05, 0) is 31.5 Å². The molecule has 1 atom stereocenters. The molecule has 0 aliphatic carbocycles. The first-order valence-electron chi connectivity index (χ1n) is 6.82. The minimum absolute atomic E-state index is 0.0415. The second-order valence-corrected chi connectivity index (χ2v) is 6.33. The van der Waals surface area contributed by atoms with E-state index in [9.17, 15) is 14.3 Å². The monoisotopic (exact) mass is 332 g/mol. The van der Waals surface area contributed by atoms with Gasteiger partial charge < -0.3 is 10.4 Å². The number of hydrogen-bond acceptors (Lipinski definition) is 6. The zero-order valence-electron chi connectivity index (χ0n) is 12.4. The number of halogens is 1. The van der Waals surface area contributed by atoms with E-state index in [-0.39, 0.29) is 17.7 Å². The van der Waals surface area contributed by atoms with Crippen molar-refractivity contribution in [2.45, 2.75) is 19.9 Å². The summed E-state index contributed by atoms with van der Waals surface area (Å²) >= 11 is 1.34. The smallest absolute Gasteiger partial charge is 0.356 e. The number of aromatic carboxylic acids is 1. The Hall–Kier alpha value is -2.61. The van der Waals surface area contributed by atoms with Crippen molar-refractivity contribution in [2.24, 2.45) is 0 Å². The van der Waals surface area contributed by atoms with E-state index in [1.165, 1.54) is 23.6 Å². The zero-order valence-corrected chi connectivity index (χ0v) is 13.2. The van der Waals surface area contributed by atoms with Crippen LogP contribution in [0, 0.1) is 12.7 Å². The van der Waals surface area contributed by atoms with Crippen LogP contribution in [0.15, 0.2) is 24.5 Å². The van der Waals surface area contributed by atoms with Crippen molar-refractivity contribution >= 4 is 33.5 Å². The fourth-order valence-electron chi connectivity index (χ4n) is 2.20. The Morgan fingerprint density at radius 1 is 1.35 bits per heavy atom. The third-order valence-electron chi connectivity index (χ3n) is 3.27. The van der Waals surface area contributed by atoms with Gasteiger partial charge in [-0.2, -0.15) is 0 Å². The first-order valence-corrected chi connectivity index (χ1v) is 7.64. The summed E-state index contributed by atoms with van der Waals surface area (Å²) in [5.74, 6) is -1.36. The Balaban J connectivity index is 1.98. The van der Waals surface area contributed by atoms with E-state index < -0.39 is 11.8 Å². The minimum Gasteiger partial charge on any atom is -0.476 e. The van der Waals surface area contributed by atoms with Gasteiger partial charge in [-0.3, -0.25) is 4.98 Å². The average molecular weight is 332 g/mol. The molecule has 0 bridgehead atoms. The molecule has 0 aliphatic rings. The molecule has 6 nitrogen and oxygen atoms in total. The van der Waals surface area contributed by atoms with Crippen LogP contribution >= 0.6 is 11.3 Å². The van der Waals surface area contributed by atoms with Crippen molar-refractivity contribution in [3.8, 4) is 0 Å². The SMILES string of the molecule is Cc1cc2nc(N[C@@H](C)c3cncc(F)c3)nc(C(=O)O)c2s1. The van der Waals surface area contributed by atoms with Crippen molar-refractivity contribution in [2.75, 3.05) is 5.32 Å². The number of carboxylic acids is 1. The van der Waals surface area contributed by atoms with Gasteiger partial charge in [-0.15, -0.1) is 11.3 Å². The van der Waals surface area contributed by atoms with E-state index in [4.69, 9.17) is 0 Å². The van der Waals surface area contributed by atoms with Gasteiger partial charge in [0, 0.05) is 11.1 Å². The van der Waals surface area contributed by atoms with Gasteiger partial charge in [0.2, 0.25) is 5.95 Å². The second-order valence-electron chi connectivity index (χ2n) is 5.07. The summed E-state index contributed by atoms with van der Waals surface area (Å²) in [4.78, 5) is 24.6. The highest BCUT2D eigenvalue weighted by Crippen LogP contribution is 2.28. The number of carbonyl (C=O) groups is 1. The molecule has 3 aromatic rings. The summed E-state index contributed by atoms with van der Waals surface area (Å²) in [6.45, 7) is 3.68. The van der Waals surface area contributed by atoms with Crippen LogP contribution in [0.3, 0.4) is 0 Å². The molecule has 0 fully saturated rings. The van der Waals surface area contributed by atoms with Crippen LogP contribution in [0.5, 0.6) is 0 Å². The largest absolute Gasteiger partial charge is 0.476 e. The Labute approximate surface area is 135 Å². The molecule has 118 valence electrons. The summed E-state index contributed by atoms with van der Waals surface area (Å²) in [5, 5.41) is 12.3. The van der Waals surface area contributed by atoms with E-state index in [1.54, 1.807) is 6.92 Å².